The van der Waals surface area contributed by atoms with Crippen LogP contribution in [-0.2, 0) is 14.3 Å². The van der Waals surface area contributed by atoms with Gasteiger partial charge in [-0.15, -0.1) is 22.7 Å². The van der Waals surface area contributed by atoms with Crippen LogP contribution in [0.25, 0.3) is 20.2 Å². The van der Waals surface area contributed by atoms with E-state index in [1.807, 2.05) is 65.3 Å². The number of nitrogens with zero attached hydrogens (tertiary/aromatic N) is 8. The molecule has 2 atom stereocenters. The lowest BCUT2D eigenvalue weighted by atomic mass is 9.77. The normalized spacial score (nSPS) is 23.9. The van der Waals surface area contributed by atoms with Gasteiger partial charge in [0.25, 0.3) is 17.7 Å². The molecule has 72 heavy (non-hydrogen) atoms. The van der Waals surface area contributed by atoms with Gasteiger partial charge in [-0.3, -0.25) is 34.3 Å². The van der Waals surface area contributed by atoms with Crippen molar-refractivity contribution in [1.82, 2.24) is 34.4 Å². The van der Waals surface area contributed by atoms with Crippen molar-refractivity contribution in [3.8, 4) is 0 Å². The van der Waals surface area contributed by atoms with Gasteiger partial charge in [-0.05, 0) is 111 Å². The maximum atomic E-state index is 14.9. The molecule has 6 aliphatic rings. The van der Waals surface area contributed by atoms with E-state index in [0.717, 1.165) is 79.2 Å². The van der Waals surface area contributed by atoms with Crippen molar-refractivity contribution < 1.29 is 38.3 Å². The van der Waals surface area contributed by atoms with Crippen molar-refractivity contribution in [2.45, 2.75) is 109 Å². The van der Waals surface area contributed by atoms with E-state index in [1.165, 1.54) is 32.6 Å². The van der Waals surface area contributed by atoms with Crippen molar-refractivity contribution in [2.24, 2.45) is 11.1 Å². The molecule has 0 saturated carbocycles. The van der Waals surface area contributed by atoms with E-state index in [-0.39, 0.29) is 64.3 Å². The molecule has 6 aliphatic heterocycles. The smallest absolute Gasteiger partial charge is 0.418 e. The fraction of sp³-hybridized carbons (Fsp3) is 0.558. The molecule has 2 unspecified atom stereocenters. The number of imide groups is 1. The van der Waals surface area contributed by atoms with Crippen LogP contribution in [0, 0.1) is 5.41 Å². The minimum absolute atomic E-state index is 0.00629. The number of anilines is 2. The number of benzene rings is 2. The number of piperidine rings is 4. The Morgan fingerprint density at radius 1 is 0.736 bits per heavy atom. The Kier molecular flexibility index (Phi) is 13.7. The topological polar surface area (TPSA) is 193 Å². The van der Waals surface area contributed by atoms with Crippen LogP contribution in [0.4, 0.5) is 24.4 Å². The molecule has 0 aliphatic carbocycles. The lowest BCUT2D eigenvalue weighted by Gasteiger charge is -2.45. The third-order valence-corrected chi connectivity index (χ3v) is 18.4. The Morgan fingerprint density at radius 3 is 1.88 bits per heavy atom. The summed E-state index contributed by atoms with van der Waals surface area (Å²) in [5, 5.41) is 7.16. The molecular weight excluding hydrogens is 957 g/mol. The first-order valence-electron chi connectivity index (χ1n) is 25.8. The number of likely N-dealkylation sites (tertiary alicyclic amines) is 5. The summed E-state index contributed by atoms with van der Waals surface area (Å²) in [7, 11) is 0. The van der Waals surface area contributed by atoms with Crippen molar-refractivity contribution in [3.05, 3.63) is 59.7 Å². The number of thiophene rings is 2. The first kappa shape index (κ1) is 49.7. The molecule has 0 bridgehead atoms. The number of hydrazine groups is 1. The highest BCUT2D eigenvalue weighted by molar-refractivity contribution is 7.24. The summed E-state index contributed by atoms with van der Waals surface area (Å²) < 4.78 is 7.35. The van der Waals surface area contributed by atoms with Crippen LogP contribution in [0.5, 0.6) is 0 Å². The van der Waals surface area contributed by atoms with Crippen LogP contribution in [-0.4, -0.2) is 172 Å². The number of ether oxygens (including phenoxy) is 1. The van der Waals surface area contributed by atoms with Gasteiger partial charge in [-0.2, -0.15) is 5.01 Å². The number of hydrogen-bond acceptors (Lipinski definition) is 12. The first-order valence-corrected chi connectivity index (χ1v) is 27.4. The molecule has 2 spiro atoms. The largest absolute Gasteiger partial charge is 0.431 e. The predicted octanol–water partition coefficient (Wildman–Crippen LogP) is 7.24. The van der Waals surface area contributed by atoms with E-state index in [1.54, 1.807) is 25.7 Å². The lowest BCUT2D eigenvalue weighted by Crippen LogP contribution is -2.58. The molecule has 6 fully saturated rings. The second-order valence-electron chi connectivity index (χ2n) is 20.6. The molecule has 8 heterocycles. The number of carbonyl (C=O) groups excluding carboxylic acids is 7. The molecule has 6 saturated heterocycles. The lowest BCUT2D eigenvalue weighted by molar-refractivity contribution is -0.143. The maximum Gasteiger partial charge on any atom is 0.418 e. The van der Waals surface area contributed by atoms with Gasteiger partial charge >= 0.3 is 18.2 Å². The standard InChI is InChI=1S/C52H66N10O8S2/c1-5-55-30-23-51(46(55)65)21-11-24-58(31-51)34-17-26-56(27-18-34)43(63)40-36-13-7-9-15-38(36)71-42(40)54-49(68)60(6-2)62(48(53)67)45-41(37-14-8-10-16-39(37)72-45)44(64)57-28-19-35(20-29-57)59-25-12-22-52(32-59)47(66)61(33(3)4)50(69)70-52/h7-10,13-16,33-35H,5-6,11-12,17-32H2,1-4H3,(H2,53,67)(H,54,68). The van der Waals surface area contributed by atoms with Gasteiger partial charge in [0.15, 0.2) is 0 Å². The van der Waals surface area contributed by atoms with Crippen molar-refractivity contribution in [1.29, 1.82) is 0 Å². The maximum absolute atomic E-state index is 14.9. The molecule has 9 amide bonds. The second kappa shape index (κ2) is 19.9. The molecule has 3 N–H and O–H groups in total. The van der Waals surface area contributed by atoms with Crippen molar-refractivity contribution in [2.75, 3.05) is 82.3 Å². The summed E-state index contributed by atoms with van der Waals surface area (Å²) in [6, 6.07) is 13.3. The molecule has 10 rings (SSSR count). The molecule has 0 radical (unpaired) electrons. The molecule has 2 aromatic heterocycles. The van der Waals surface area contributed by atoms with Gasteiger partial charge in [-0.1, -0.05) is 36.4 Å². The van der Waals surface area contributed by atoms with Crippen LogP contribution in [0.1, 0.15) is 106 Å². The van der Waals surface area contributed by atoms with Gasteiger partial charge in [0.05, 0.1) is 16.5 Å². The first-order chi connectivity index (χ1) is 34.7. The number of carbonyl (C=O) groups is 7. The third kappa shape index (κ3) is 8.74. The monoisotopic (exact) mass is 1020 g/mol. The summed E-state index contributed by atoms with van der Waals surface area (Å²) in [6.45, 7) is 13.5. The van der Waals surface area contributed by atoms with Gasteiger partial charge in [-0.25, -0.2) is 24.3 Å². The number of nitrogens with two attached hydrogens (primary N) is 1. The summed E-state index contributed by atoms with van der Waals surface area (Å²) in [6.07, 6.45) is 6.17. The SMILES string of the molecule is CCN1CCC2(CCCN(C3CCN(C(=O)c4c(NC(=O)N(CC)N(C(N)=O)c5sc6ccccc6c5C(=O)N5CCC(N6CCCC7(C6)OC(=O)N(C(C)C)C7=O)CC5)sc5ccccc45)CC3)C2)C1=O. The highest BCUT2D eigenvalue weighted by Gasteiger charge is 2.57. The summed E-state index contributed by atoms with van der Waals surface area (Å²) in [4.78, 5) is 109. The fourth-order valence-corrected chi connectivity index (χ4v) is 14.8. The van der Waals surface area contributed by atoms with Gasteiger partial charge in [0.2, 0.25) is 11.5 Å². The van der Waals surface area contributed by atoms with Crippen LogP contribution in [0.2, 0.25) is 0 Å². The number of fused-ring (bicyclic) bond motifs is 2. The minimum Gasteiger partial charge on any atom is -0.431 e. The fourth-order valence-electron chi connectivity index (χ4n) is 12.5. The average Bonchev–Trinajstić information content (AvgIpc) is 4.10. The van der Waals surface area contributed by atoms with E-state index in [2.05, 4.69) is 15.1 Å². The molecular formula is C52H66N10O8S2. The van der Waals surface area contributed by atoms with E-state index >= 15 is 0 Å². The zero-order valence-corrected chi connectivity index (χ0v) is 43.4. The number of hydrogen-bond donors (Lipinski definition) is 2. The molecule has 384 valence electrons. The van der Waals surface area contributed by atoms with Gasteiger partial charge in [0.1, 0.15) is 10.0 Å². The Bertz CT molecular complexity index is 2800. The zero-order chi connectivity index (χ0) is 50.6. The average molecular weight is 1020 g/mol. The molecule has 18 nitrogen and oxygen atoms in total. The van der Waals surface area contributed by atoms with Crippen LogP contribution in [0.3, 0.4) is 0 Å². The Balaban J connectivity index is 0.850. The predicted molar refractivity (Wildman–Crippen MR) is 277 cm³/mol. The highest BCUT2D eigenvalue weighted by Crippen LogP contribution is 2.44. The van der Waals surface area contributed by atoms with Crippen LogP contribution >= 0.6 is 22.7 Å². The zero-order valence-electron chi connectivity index (χ0n) is 41.7. The number of nitrogens with one attached hydrogen (secondary N) is 1. The number of urea groups is 2. The van der Waals surface area contributed by atoms with Crippen LogP contribution < -0.4 is 16.1 Å². The Labute approximate surface area is 427 Å². The molecule has 20 heteroatoms. The Hall–Kier alpha value is -5.83. The summed E-state index contributed by atoms with van der Waals surface area (Å²) >= 11 is 2.48. The quantitative estimate of drug-likeness (QED) is 0.162. The van der Waals surface area contributed by atoms with E-state index in [4.69, 9.17) is 10.5 Å². The Morgan fingerprint density at radius 2 is 1.31 bits per heavy atom. The molecule has 4 aromatic rings. The van der Waals surface area contributed by atoms with E-state index in [0.29, 0.717) is 79.7 Å². The van der Waals surface area contributed by atoms with Gasteiger partial charge < -0.3 is 25.2 Å². The van der Waals surface area contributed by atoms with Gasteiger partial charge in [0, 0.05) is 97.2 Å². The number of rotatable bonds is 9. The number of amides is 9. The minimum atomic E-state index is -1.20. The van der Waals surface area contributed by atoms with Crippen LogP contribution in [0.15, 0.2) is 48.5 Å². The second-order valence-corrected chi connectivity index (χ2v) is 22.7. The number of primary amides is 1. The van der Waals surface area contributed by atoms with E-state index in [9.17, 15) is 33.6 Å². The van der Waals surface area contributed by atoms with Crippen molar-refractivity contribution in [3.63, 3.8) is 0 Å². The molecule has 2 aromatic carbocycles. The van der Waals surface area contributed by atoms with Crippen molar-refractivity contribution >= 4 is 94.6 Å². The summed E-state index contributed by atoms with van der Waals surface area (Å²) in [5.74, 6) is -0.495. The summed E-state index contributed by atoms with van der Waals surface area (Å²) in [5.41, 5.74) is 5.33. The van der Waals surface area contributed by atoms with E-state index < -0.39 is 23.8 Å². The highest BCUT2D eigenvalue weighted by atomic mass is 32.1. The third-order valence-electron chi connectivity index (χ3n) is 16.2.